The van der Waals surface area contributed by atoms with E-state index in [-0.39, 0.29) is 30.8 Å². The minimum atomic E-state index is -0.177. The molecule has 18 heavy (non-hydrogen) atoms. The summed E-state index contributed by atoms with van der Waals surface area (Å²) in [6.07, 6.45) is 0.267. The number of nitrogens with one attached hydrogen (secondary N) is 2. The van der Waals surface area contributed by atoms with Crippen molar-refractivity contribution in [1.82, 2.24) is 10.6 Å². The monoisotopic (exact) mass is 266 g/mol. The Kier molecular flexibility index (Phi) is 5.71. The summed E-state index contributed by atoms with van der Waals surface area (Å²) < 4.78 is 0. The van der Waals surface area contributed by atoms with Crippen LogP contribution in [0.2, 0.25) is 0 Å². The van der Waals surface area contributed by atoms with E-state index < -0.39 is 0 Å². The summed E-state index contributed by atoms with van der Waals surface area (Å²) in [5.41, 5.74) is 0.898. The molecule has 2 amide bonds. The van der Waals surface area contributed by atoms with Crippen LogP contribution < -0.4 is 10.6 Å². The van der Waals surface area contributed by atoms with Gasteiger partial charge in [-0.15, -0.1) is 12.6 Å². The van der Waals surface area contributed by atoms with Crippen molar-refractivity contribution in [1.29, 1.82) is 0 Å². The number of hydrogen-bond acceptors (Lipinski definition) is 3. The Morgan fingerprint density at radius 1 is 1.17 bits per heavy atom. The van der Waals surface area contributed by atoms with Gasteiger partial charge in [0, 0.05) is 10.9 Å². The zero-order valence-corrected chi connectivity index (χ0v) is 11.5. The van der Waals surface area contributed by atoms with Crippen molar-refractivity contribution in [3.8, 4) is 0 Å². The molecule has 0 saturated carbocycles. The molecule has 0 bridgehead atoms. The highest BCUT2D eigenvalue weighted by atomic mass is 32.1. The largest absolute Gasteiger partial charge is 0.352 e. The van der Waals surface area contributed by atoms with Crippen LogP contribution in [0.4, 0.5) is 0 Å². The van der Waals surface area contributed by atoms with E-state index in [0.29, 0.717) is 0 Å². The molecule has 0 saturated heterocycles. The quantitative estimate of drug-likeness (QED) is 0.700. The zero-order valence-electron chi connectivity index (χ0n) is 10.6. The lowest BCUT2D eigenvalue weighted by Gasteiger charge is -2.09. The average Bonchev–Trinajstić information content (AvgIpc) is 2.29. The van der Waals surface area contributed by atoms with Crippen molar-refractivity contribution in [2.75, 3.05) is 6.54 Å². The molecule has 98 valence electrons. The Morgan fingerprint density at radius 3 is 2.33 bits per heavy atom. The maximum Gasteiger partial charge on any atom is 0.239 e. The minimum absolute atomic E-state index is 0.0155. The van der Waals surface area contributed by atoms with E-state index in [2.05, 4.69) is 23.3 Å². The lowest BCUT2D eigenvalue weighted by atomic mass is 10.1. The lowest BCUT2D eigenvalue weighted by Crippen LogP contribution is -2.40. The maximum atomic E-state index is 11.6. The molecule has 0 aliphatic rings. The fourth-order valence-electron chi connectivity index (χ4n) is 1.41. The van der Waals surface area contributed by atoms with Crippen LogP contribution in [0.15, 0.2) is 29.2 Å². The first kappa shape index (κ1) is 14.6. The number of carbonyl (C=O) groups is 2. The number of carbonyl (C=O) groups excluding carboxylic acids is 2. The Bertz CT molecular complexity index is 416. The van der Waals surface area contributed by atoms with Crippen molar-refractivity contribution in [3.05, 3.63) is 29.8 Å². The third kappa shape index (κ3) is 5.72. The van der Waals surface area contributed by atoms with Gasteiger partial charge in [-0.3, -0.25) is 9.59 Å². The molecule has 0 spiro atoms. The molecule has 5 heteroatoms. The van der Waals surface area contributed by atoms with E-state index in [4.69, 9.17) is 0 Å². The number of hydrogen-bond donors (Lipinski definition) is 3. The van der Waals surface area contributed by atoms with E-state index >= 15 is 0 Å². The van der Waals surface area contributed by atoms with Crippen molar-refractivity contribution in [2.45, 2.75) is 31.2 Å². The normalized spacial score (nSPS) is 10.2. The summed E-state index contributed by atoms with van der Waals surface area (Å²) in [5, 5.41) is 5.29. The second-order valence-electron chi connectivity index (χ2n) is 4.34. The highest BCUT2D eigenvalue weighted by Crippen LogP contribution is 2.07. The van der Waals surface area contributed by atoms with Gasteiger partial charge in [-0.25, -0.2) is 0 Å². The van der Waals surface area contributed by atoms with Gasteiger partial charge in [-0.05, 0) is 31.5 Å². The van der Waals surface area contributed by atoms with Gasteiger partial charge in [0.25, 0.3) is 0 Å². The number of amides is 2. The van der Waals surface area contributed by atoms with Crippen LogP contribution >= 0.6 is 12.6 Å². The molecule has 0 atom stereocenters. The third-order valence-corrected chi connectivity index (χ3v) is 2.49. The summed E-state index contributed by atoms with van der Waals surface area (Å²) in [5.74, 6) is -0.343. The smallest absolute Gasteiger partial charge is 0.239 e. The molecular weight excluding hydrogens is 248 g/mol. The topological polar surface area (TPSA) is 58.2 Å². The first-order valence-corrected chi connectivity index (χ1v) is 6.26. The van der Waals surface area contributed by atoms with E-state index in [1.165, 1.54) is 0 Å². The first-order valence-electron chi connectivity index (χ1n) is 5.81. The predicted octanol–water partition coefficient (Wildman–Crippen LogP) is 1.16. The predicted molar refractivity (Wildman–Crippen MR) is 73.7 cm³/mol. The molecule has 1 aromatic rings. The molecule has 0 unspecified atom stereocenters. The number of rotatable bonds is 5. The van der Waals surface area contributed by atoms with Crippen molar-refractivity contribution >= 4 is 24.4 Å². The van der Waals surface area contributed by atoms with Crippen molar-refractivity contribution in [3.63, 3.8) is 0 Å². The van der Waals surface area contributed by atoms with Gasteiger partial charge in [0.1, 0.15) is 0 Å². The van der Waals surface area contributed by atoms with Crippen LogP contribution in [0.25, 0.3) is 0 Å². The Morgan fingerprint density at radius 2 is 1.78 bits per heavy atom. The van der Waals surface area contributed by atoms with Crippen molar-refractivity contribution < 1.29 is 9.59 Å². The fourth-order valence-corrected chi connectivity index (χ4v) is 1.56. The highest BCUT2D eigenvalue weighted by Gasteiger charge is 2.07. The van der Waals surface area contributed by atoms with Crippen LogP contribution in [-0.2, 0) is 16.0 Å². The van der Waals surface area contributed by atoms with Crippen LogP contribution in [0.3, 0.4) is 0 Å². The SMILES string of the molecule is CC(C)NC(=O)CNC(=O)Cc1ccc(S)cc1. The molecule has 1 rings (SSSR count). The molecule has 0 radical (unpaired) electrons. The second-order valence-corrected chi connectivity index (χ2v) is 4.86. The summed E-state index contributed by atoms with van der Waals surface area (Å²) in [7, 11) is 0. The first-order chi connectivity index (χ1) is 8.47. The third-order valence-electron chi connectivity index (χ3n) is 2.20. The van der Waals surface area contributed by atoms with Gasteiger partial charge in [0.05, 0.1) is 13.0 Å². The minimum Gasteiger partial charge on any atom is -0.352 e. The summed E-state index contributed by atoms with van der Waals surface area (Å²) in [4.78, 5) is 23.8. The van der Waals surface area contributed by atoms with Gasteiger partial charge < -0.3 is 10.6 Å². The van der Waals surface area contributed by atoms with Gasteiger partial charge in [-0.1, -0.05) is 12.1 Å². The van der Waals surface area contributed by atoms with Gasteiger partial charge in [0.2, 0.25) is 11.8 Å². The van der Waals surface area contributed by atoms with E-state index in [0.717, 1.165) is 10.5 Å². The zero-order chi connectivity index (χ0) is 13.5. The van der Waals surface area contributed by atoms with Gasteiger partial charge >= 0.3 is 0 Å². The molecule has 1 aromatic carbocycles. The molecular formula is C13H18N2O2S. The molecule has 0 aromatic heterocycles. The van der Waals surface area contributed by atoms with Crippen molar-refractivity contribution in [2.24, 2.45) is 0 Å². The average molecular weight is 266 g/mol. The fraction of sp³-hybridized carbons (Fsp3) is 0.385. The van der Waals surface area contributed by atoms with Crippen LogP contribution in [0, 0.1) is 0 Å². The molecule has 0 aliphatic carbocycles. The summed E-state index contributed by atoms with van der Waals surface area (Å²) in [6.45, 7) is 3.76. The van der Waals surface area contributed by atoms with E-state index in [9.17, 15) is 9.59 Å². The Hall–Kier alpha value is -1.49. The molecule has 0 aliphatic heterocycles. The second kappa shape index (κ2) is 7.06. The maximum absolute atomic E-state index is 11.6. The van der Waals surface area contributed by atoms with E-state index in [1.54, 1.807) is 0 Å². The molecule has 0 heterocycles. The summed E-state index contributed by atoms with van der Waals surface area (Å²) in [6, 6.07) is 7.43. The van der Waals surface area contributed by atoms with Crippen LogP contribution in [-0.4, -0.2) is 24.4 Å². The van der Waals surface area contributed by atoms with Gasteiger partial charge in [-0.2, -0.15) is 0 Å². The highest BCUT2D eigenvalue weighted by molar-refractivity contribution is 7.80. The Labute approximate surface area is 113 Å². The lowest BCUT2D eigenvalue weighted by molar-refractivity contribution is -0.126. The molecule has 2 N–H and O–H groups in total. The number of benzene rings is 1. The molecule has 4 nitrogen and oxygen atoms in total. The van der Waals surface area contributed by atoms with Crippen LogP contribution in [0.5, 0.6) is 0 Å². The van der Waals surface area contributed by atoms with Crippen LogP contribution in [0.1, 0.15) is 19.4 Å². The molecule has 0 fully saturated rings. The van der Waals surface area contributed by atoms with E-state index in [1.807, 2.05) is 38.1 Å². The Balaban J connectivity index is 2.34. The standard InChI is InChI=1S/C13H18N2O2S/c1-9(2)15-13(17)8-14-12(16)7-10-3-5-11(18)6-4-10/h3-6,9,18H,7-8H2,1-2H3,(H,14,16)(H,15,17). The van der Waals surface area contributed by atoms with Gasteiger partial charge in [0.15, 0.2) is 0 Å². The number of thiol groups is 1. The summed E-state index contributed by atoms with van der Waals surface area (Å²) >= 11 is 4.17.